The van der Waals surface area contributed by atoms with Crippen molar-refractivity contribution < 1.29 is 14.0 Å². The third-order valence-corrected chi connectivity index (χ3v) is 4.43. The molecule has 0 aromatic heterocycles. The molecule has 0 fully saturated rings. The van der Waals surface area contributed by atoms with E-state index in [1.165, 1.54) is 12.1 Å². The van der Waals surface area contributed by atoms with Crippen LogP contribution >= 0.6 is 15.9 Å². The van der Waals surface area contributed by atoms with Gasteiger partial charge >= 0.3 is 0 Å². The Morgan fingerprint density at radius 3 is 2.32 bits per heavy atom. The number of benzene rings is 2. The van der Waals surface area contributed by atoms with Crippen LogP contribution in [0.15, 0.2) is 53.0 Å². The molecule has 4 nitrogen and oxygen atoms in total. The van der Waals surface area contributed by atoms with Crippen molar-refractivity contribution in [1.29, 1.82) is 0 Å². The quantitative estimate of drug-likeness (QED) is 0.768. The van der Waals surface area contributed by atoms with Crippen molar-refractivity contribution in [3.63, 3.8) is 0 Å². The van der Waals surface area contributed by atoms with Gasteiger partial charge < -0.3 is 10.6 Å². The lowest BCUT2D eigenvalue weighted by Gasteiger charge is -2.22. The molecule has 0 aliphatic carbocycles. The van der Waals surface area contributed by atoms with E-state index in [-0.39, 0.29) is 30.1 Å². The smallest absolute Gasteiger partial charge is 0.253 e. The molecular weight excluding hydrogens is 387 g/mol. The maximum atomic E-state index is 12.9. The fourth-order valence-electron chi connectivity index (χ4n) is 2.30. The first kappa shape index (κ1) is 19.1. The van der Waals surface area contributed by atoms with Crippen molar-refractivity contribution in [2.24, 2.45) is 5.92 Å². The van der Waals surface area contributed by atoms with Crippen molar-refractivity contribution in [2.45, 2.75) is 26.4 Å². The van der Waals surface area contributed by atoms with Crippen LogP contribution in [0.3, 0.4) is 0 Å². The first-order valence-electron chi connectivity index (χ1n) is 7.96. The van der Waals surface area contributed by atoms with Crippen LogP contribution in [0.1, 0.15) is 29.8 Å². The average molecular weight is 407 g/mol. The number of carbonyl (C=O) groups excluding carboxylic acids is 2. The maximum absolute atomic E-state index is 12.9. The molecule has 0 aliphatic rings. The minimum absolute atomic E-state index is 0.0837. The van der Waals surface area contributed by atoms with Crippen LogP contribution < -0.4 is 10.6 Å². The third-order valence-electron chi connectivity index (χ3n) is 3.73. The molecule has 0 radical (unpaired) electrons. The van der Waals surface area contributed by atoms with Crippen LogP contribution in [0, 0.1) is 11.7 Å². The highest BCUT2D eigenvalue weighted by molar-refractivity contribution is 9.10. The van der Waals surface area contributed by atoms with Crippen LogP contribution in [0.4, 0.5) is 4.39 Å². The number of amides is 2. The first-order valence-corrected chi connectivity index (χ1v) is 8.75. The van der Waals surface area contributed by atoms with Gasteiger partial charge in [0.1, 0.15) is 11.9 Å². The van der Waals surface area contributed by atoms with Crippen LogP contribution in [0.25, 0.3) is 0 Å². The number of nitrogens with one attached hydrogen (secondary N) is 2. The van der Waals surface area contributed by atoms with Gasteiger partial charge in [-0.2, -0.15) is 0 Å². The van der Waals surface area contributed by atoms with Crippen LogP contribution in [-0.2, 0) is 11.3 Å². The molecule has 1 unspecified atom stereocenters. The van der Waals surface area contributed by atoms with E-state index in [0.717, 1.165) is 5.56 Å². The van der Waals surface area contributed by atoms with E-state index in [0.29, 0.717) is 10.0 Å². The number of carbonyl (C=O) groups is 2. The Labute approximate surface area is 154 Å². The van der Waals surface area contributed by atoms with Gasteiger partial charge in [-0.15, -0.1) is 0 Å². The largest absolute Gasteiger partial charge is 0.350 e. The number of rotatable bonds is 6. The highest BCUT2D eigenvalue weighted by Crippen LogP contribution is 2.16. The predicted octanol–water partition coefficient (Wildman–Crippen LogP) is 3.66. The van der Waals surface area contributed by atoms with E-state index in [2.05, 4.69) is 26.6 Å². The molecule has 0 bridgehead atoms. The molecule has 6 heteroatoms. The van der Waals surface area contributed by atoms with Crippen molar-refractivity contribution >= 4 is 27.7 Å². The lowest BCUT2D eigenvalue weighted by atomic mass is 10.0. The molecule has 132 valence electrons. The summed E-state index contributed by atoms with van der Waals surface area (Å²) in [6.45, 7) is 4.00. The molecule has 2 amide bonds. The van der Waals surface area contributed by atoms with Crippen molar-refractivity contribution in [3.05, 3.63) is 69.9 Å². The van der Waals surface area contributed by atoms with Crippen LogP contribution in [0.5, 0.6) is 0 Å². The fraction of sp³-hybridized carbons (Fsp3) is 0.263. The molecule has 0 aliphatic heterocycles. The van der Waals surface area contributed by atoms with Gasteiger partial charge in [-0.3, -0.25) is 9.59 Å². The summed E-state index contributed by atoms with van der Waals surface area (Å²) in [5, 5.41) is 5.56. The molecule has 2 N–H and O–H groups in total. The summed E-state index contributed by atoms with van der Waals surface area (Å²) in [4.78, 5) is 24.9. The summed E-state index contributed by atoms with van der Waals surface area (Å²) in [6.07, 6.45) is 0. The van der Waals surface area contributed by atoms with Gasteiger partial charge in [0.2, 0.25) is 5.91 Å². The zero-order valence-corrected chi connectivity index (χ0v) is 15.6. The van der Waals surface area contributed by atoms with Crippen molar-refractivity contribution in [2.75, 3.05) is 0 Å². The molecule has 1 atom stereocenters. The topological polar surface area (TPSA) is 58.2 Å². The molecule has 2 aromatic carbocycles. The highest BCUT2D eigenvalue weighted by Gasteiger charge is 2.25. The molecular formula is C19H20BrFN2O2. The first-order chi connectivity index (χ1) is 11.9. The zero-order valence-electron chi connectivity index (χ0n) is 14.1. The average Bonchev–Trinajstić information content (AvgIpc) is 2.58. The molecule has 25 heavy (non-hydrogen) atoms. The second-order valence-electron chi connectivity index (χ2n) is 6.02. The van der Waals surface area contributed by atoms with Gasteiger partial charge in [-0.25, -0.2) is 4.39 Å². The van der Waals surface area contributed by atoms with Crippen LogP contribution in [-0.4, -0.2) is 17.9 Å². The zero-order chi connectivity index (χ0) is 18.4. The van der Waals surface area contributed by atoms with E-state index in [9.17, 15) is 14.0 Å². The Bertz CT molecular complexity index is 747. The summed E-state index contributed by atoms with van der Waals surface area (Å²) in [7, 11) is 0. The Morgan fingerprint density at radius 1 is 1.08 bits per heavy atom. The number of hydrogen-bond acceptors (Lipinski definition) is 2. The van der Waals surface area contributed by atoms with Gasteiger partial charge in [0.05, 0.1) is 5.56 Å². The number of halogens is 2. The summed E-state index contributed by atoms with van der Waals surface area (Å²) in [5.74, 6) is -1.00. The third kappa shape index (κ3) is 5.39. The summed E-state index contributed by atoms with van der Waals surface area (Å²) in [6, 6.07) is 12.3. The van der Waals surface area contributed by atoms with Gasteiger partial charge in [0.25, 0.3) is 5.91 Å². The minimum Gasteiger partial charge on any atom is -0.350 e. The van der Waals surface area contributed by atoms with Crippen molar-refractivity contribution in [3.8, 4) is 0 Å². The second kappa shape index (κ2) is 8.76. The van der Waals surface area contributed by atoms with E-state index < -0.39 is 6.04 Å². The second-order valence-corrected chi connectivity index (χ2v) is 6.87. The predicted molar refractivity (Wildman–Crippen MR) is 98.5 cm³/mol. The molecule has 0 spiro atoms. The minimum atomic E-state index is -0.667. The highest BCUT2D eigenvalue weighted by atomic mass is 79.9. The number of hydrogen-bond donors (Lipinski definition) is 2. The lowest BCUT2D eigenvalue weighted by molar-refractivity contribution is -0.124. The lowest BCUT2D eigenvalue weighted by Crippen LogP contribution is -2.49. The Morgan fingerprint density at radius 2 is 1.72 bits per heavy atom. The maximum Gasteiger partial charge on any atom is 0.253 e. The van der Waals surface area contributed by atoms with Gasteiger partial charge in [-0.1, -0.05) is 38.1 Å². The summed E-state index contributed by atoms with van der Waals surface area (Å²) >= 11 is 3.34. The molecule has 0 saturated carbocycles. The normalized spacial score (nSPS) is 11.9. The Kier molecular flexibility index (Phi) is 6.70. The Balaban J connectivity index is 2.01. The van der Waals surface area contributed by atoms with Crippen LogP contribution in [0.2, 0.25) is 0 Å². The molecule has 0 saturated heterocycles. The summed E-state index contributed by atoms with van der Waals surface area (Å²) < 4.78 is 13.6. The van der Waals surface area contributed by atoms with E-state index in [4.69, 9.17) is 0 Å². The SMILES string of the molecule is CC(C)C(NC(=O)c1ccccc1Br)C(=O)NCc1ccc(F)cc1. The van der Waals surface area contributed by atoms with E-state index in [1.807, 2.05) is 19.9 Å². The van der Waals surface area contributed by atoms with Gasteiger partial charge in [-0.05, 0) is 51.7 Å². The summed E-state index contributed by atoms with van der Waals surface area (Å²) in [5.41, 5.74) is 1.26. The van der Waals surface area contributed by atoms with Gasteiger partial charge in [0.15, 0.2) is 0 Å². The monoisotopic (exact) mass is 406 g/mol. The van der Waals surface area contributed by atoms with E-state index in [1.54, 1.807) is 30.3 Å². The molecule has 0 heterocycles. The van der Waals surface area contributed by atoms with E-state index >= 15 is 0 Å². The van der Waals surface area contributed by atoms with Crippen molar-refractivity contribution in [1.82, 2.24) is 10.6 Å². The molecule has 2 aromatic rings. The molecule has 2 rings (SSSR count). The Hall–Kier alpha value is -2.21. The standard InChI is InChI=1S/C19H20BrFN2O2/c1-12(2)17(23-18(24)15-5-3-4-6-16(15)20)19(25)22-11-13-7-9-14(21)10-8-13/h3-10,12,17H,11H2,1-2H3,(H,22,25)(H,23,24). The fourth-order valence-corrected chi connectivity index (χ4v) is 2.77. The van der Waals surface area contributed by atoms with Gasteiger partial charge in [0, 0.05) is 11.0 Å².